The van der Waals surface area contributed by atoms with Crippen LogP contribution in [0.4, 0.5) is 0 Å². The summed E-state index contributed by atoms with van der Waals surface area (Å²) in [5, 5.41) is 0. The van der Waals surface area contributed by atoms with Gasteiger partial charge in [0.05, 0.1) is 0 Å². The molecule has 0 aromatic rings. The third-order valence-electron chi connectivity index (χ3n) is 1.09. The average Bonchev–Trinajstić information content (AvgIpc) is 1.87. The Morgan fingerprint density at radius 1 is 1.50 bits per heavy atom. The zero-order valence-electron chi connectivity index (χ0n) is 6.11. The standard InChI is InChI=1S/C8H11BrO/c1-2-3-4-5-6-7-8(9)10/h2-5H2,1H3. The van der Waals surface area contributed by atoms with E-state index in [2.05, 4.69) is 34.7 Å². The van der Waals surface area contributed by atoms with Crippen molar-refractivity contribution in [2.45, 2.75) is 32.6 Å². The maximum Gasteiger partial charge on any atom is 0.270 e. The molecular formula is C8H11BrO. The highest BCUT2D eigenvalue weighted by Crippen LogP contribution is 1.96. The van der Waals surface area contributed by atoms with E-state index in [1.807, 2.05) is 0 Å². The molecule has 0 fully saturated rings. The third-order valence-corrected chi connectivity index (χ3v) is 1.29. The van der Waals surface area contributed by atoms with Gasteiger partial charge < -0.3 is 0 Å². The summed E-state index contributed by atoms with van der Waals surface area (Å²) >= 11 is 2.73. The molecule has 56 valence electrons. The number of rotatable bonds is 3. The fourth-order valence-corrected chi connectivity index (χ4v) is 0.736. The molecule has 2 heteroatoms. The second-order valence-electron chi connectivity index (χ2n) is 2.03. The van der Waals surface area contributed by atoms with Crippen molar-refractivity contribution < 1.29 is 4.79 Å². The van der Waals surface area contributed by atoms with Gasteiger partial charge in [0.2, 0.25) is 0 Å². The van der Waals surface area contributed by atoms with E-state index in [-0.39, 0.29) is 4.69 Å². The lowest BCUT2D eigenvalue weighted by Gasteiger charge is -1.87. The maximum atomic E-state index is 10.2. The van der Waals surface area contributed by atoms with Crippen LogP contribution in [0.2, 0.25) is 0 Å². The Kier molecular flexibility index (Phi) is 6.63. The van der Waals surface area contributed by atoms with Crippen LogP contribution < -0.4 is 0 Å². The largest absolute Gasteiger partial charge is 0.272 e. The molecule has 0 saturated carbocycles. The summed E-state index contributed by atoms with van der Waals surface area (Å²) < 4.78 is -0.219. The molecular weight excluding hydrogens is 192 g/mol. The molecule has 0 unspecified atom stereocenters. The average molecular weight is 203 g/mol. The monoisotopic (exact) mass is 202 g/mol. The van der Waals surface area contributed by atoms with Gasteiger partial charge in [-0.25, -0.2) is 0 Å². The molecule has 0 N–H and O–H groups in total. The fourth-order valence-electron chi connectivity index (χ4n) is 0.595. The summed E-state index contributed by atoms with van der Waals surface area (Å²) in [5.74, 6) is 5.21. The van der Waals surface area contributed by atoms with Crippen molar-refractivity contribution >= 4 is 20.6 Å². The van der Waals surface area contributed by atoms with Gasteiger partial charge in [-0.3, -0.25) is 4.79 Å². The van der Waals surface area contributed by atoms with Gasteiger partial charge in [-0.15, -0.1) is 0 Å². The predicted octanol–water partition coefficient (Wildman–Crippen LogP) is 2.49. The number of hydrogen-bond acceptors (Lipinski definition) is 1. The molecule has 0 heterocycles. The van der Waals surface area contributed by atoms with E-state index in [9.17, 15) is 4.79 Å². The van der Waals surface area contributed by atoms with E-state index in [1.165, 1.54) is 12.8 Å². The molecule has 0 aromatic carbocycles. The molecule has 0 spiro atoms. The van der Waals surface area contributed by atoms with E-state index in [1.54, 1.807) is 0 Å². The van der Waals surface area contributed by atoms with Gasteiger partial charge >= 0.3 is 0 Å². The Balaban J connectivity index is 3.20. The second-order valence-corrected chi connectivity index (χ2v) is 2.75. The van der Waals surface area contributed by atoms with Crippen LogP contribution in [0, 0.1) is 11.8 Å². The van der Waals surface area contributed by atoms with E-state index >= 15 is 0 Å². The smallest absolute Gasteiger partial charge is 0.270 e. The van der Waals surface area contributed by atoms with Crippen molar-refractivity contribution in [1.82, 2.24) is 0 Å². The molecule has 10 heavy (non-hydrogen) atoms. The topological polar surface area (TPSA) is 17.1 Å². The highest BCUT2D eigenvalue weighted by Gasteiger charge is 1.83. The first-order valence-electron chi connectivity index (χ1n) is 3.45. The van der Waals surface area contributed by atoms with Gasteiger partial charge in [-0.2, -0.15) is 0 Å². The first kappa shape index (κ1) is 9.71. The van der Waals surface area contributed by atoms with Crippen molar-refractivity contribution in [2.75, 3.05) is 0 Å². The van der Waals surface area contributed by atoms with Crippen molar-refractivity contribution in [1.29, 1.82) is 0 Å². The first-order chi connectivity index (χ1) is 4.77. The Morgan fingerprint density at radius 2 is 2.20 bits per heavy atom. The fraction of sp³-hybridized carbons (Fsp3) is 0.625. The third kappa shape index (κ3) is 7.71. The van der Waals surface area contributed by atoms with Gasteiger partial charge in [0.15, 0.2) is 0 Å². The van der Waals surface area contributed by atoms with Crippen LogP contribution in [0.3, 0.4) is 0 Å². The number of halogens is 1. The molecule has 0 saturated heterocycles. The second kappa shape index (κ2) is 6.82. The van der Waals surface area contributed by atoms with Crippen LogP contribution in [0.25, 0.3) is 0 Å². The summed E-state index contributed by atoms with van der Waals surface area (Å²) in [6, 6.07) is 0. The summed E-state index contributed by atoms with van der Waals surface area (Å²) in [4.78, 5) is 10.2. The highest BCUT2D eigenvalue weighted by molar-refractivity contribution is 9.18. The molecule has 0 aliphatic rings. The minimum absolute atomic E-state index is 0.219. The molecule has 1 nitrogen and oxygen atoms in total. The molecule has 0 aliphatic heterocycles. The van der Waals surface area contributed by atoms with Crippen LogP contribution in [0.5, 0.6) is 0 Å². The van der Waals surface area contributed by atoms with Gasteiger partial charge in [0.1, 0.15) is 0 Å². The van der Waals surface area contributed by atoms with E-state index < -0.39 is 0 Å². The Labute approximate surface area is 70.3 Å². The normalized spacial score (nSPS) is 8.20. The summed E-state index contributed by atoms with van der Waals surface area (Å²) in [7, 11) is 0. The van der Waals surface area contributed by atoms with Crippen molar-refractivity contribution in [3.63, 3.8) is 0 Å². The molecule has 0 amide bonds. The van der Waals surface area contributed by atoms with Crippen molar-refractivity contribution in [2.24, 2.45) is 0 Å². The number of hydrogen-bond donors (Lipinski definition) is 0. The minimum atomic E-state index is -0.219. The van der Waals surface area contributed by atoms with Gasteiger partial charge in [-0.1, -0.05) is 25.7 Å². The van der Waals surface area contributed by atoms with Crippen LogP contribution in [-0.4, -0.2) is 4.69 Å². The Hall–Kier alpha value is -0.290. The number of unbranched alkanes of at least 4 members (excludes halogenated alkanes) is 3. The Bertz CT molecular complexity index is 152. The molecule has 0 atom stereocenters. The number of carbonyl (C=O) groups excluding carboxylic acids is 1. The lowest BCUT2D eigenvalue weighted by molar-refractivity contribution is -0.105. The first-order valence-corrected chi connectivity index (χ1v) is 4.25. The number of carbonyl (C=O) groups is 1. The van der Waals surface area contributed by atoms with Crippen LogP contribution >= 0.6 is 15.9 Å². The van der Waals surface area contributed by atoms with Crippen LogP contribution in [0.1, 0.15) is 32.6 Å². The lowest BCUT2D eigenvalue weighted by atomic mass is 10.2. The van der Waals surface area contributed by atoms with Gasteiger partial charge in [0, 0.05) is 22.4 Å². The van der Waals surface area contributed by atoms with E-state index in [0.29, 0.717) is 0 Å². The lowest BCUT2D eigenvalue weighted by Crippen LogP contribution is -1.75. The maximum absolute atomic E-state index is 10.2. The molecule has 0 rings (SSSR count). The SMILES string of the molecule is CCCCCC#CC(=O)Br. The Morgan fingerprint density at radius 3 is 2.70 bits per heavy atom. The van der Waals surface area contributed by atoms with Gasteiger partial charge in [0.25, 0.3) is 4.69 Å². The van der Waals surface area contributed by atoms with Crippen molar-refractivity contribution in [3.8, 4) is 11.8 Å². The van der Waals surface area contributed by atoms with E-state index in [0.717, 1.165) is 12.8 Å². The summed E-state index contributed by atoms with van der Waals surface area (Å²) in [6.45, 7) is 2.14. The highest BCUT2D eigenvalue weighted by atomic mass is 79.9. The quantitative estimate of drug-likeness (QED) is 0.391. The summed E-state index contributed by atoms with van der Waals surface area (Å²) in [5.41, 5.74) is 0. The van der Waals surface area contributed by atoms with Crippen LogP contribution in [0.15, 0.2) is 0 Å². The van der Waals surface area contributed by atoms with Gasteiger partial charge in [-0.05, 0) is 12.3 Å². The molecule has 0 aliphatic carbocycles. The van der Waals surface area contributed by atoms with Crippen LogP contribution in [-0.2, 0) is 4.79 Å². The zero-order chi connectivity index (χ0) is 7.82. The van der Waals surface area contributed by atoms with E-state index in [4.69, 9.17) is 0 Å². The zero-order valence-corrected chi connectivity index (χ0v) is 7.70. The van der Waals surface area contributed by atoms with Crippen molar-refractivity contribution in [3.05, 3.63) is 0 Å². The summed E-state index contributed by atoms with van der Waals surface area (Å²) in [6.07, 6.45) is 4.34. The molecule has 0 bridgehead atoms. The predicted molar refractivity (Wildman–Crippen MR) is 45.9 cm³/mol. The molecule has 0 aromatic heterocycles. The minimum Gasteiger partial charge on any atom is -0.272 e. The molecule has 0 radical (unpaired) electrons.